The van der Waals surface area contributed by atoms with Crippen molar-refractivity contribution in [3.63, 3.8) is 0 Å². The van der Waals surface area contributed by atoms with Crippen LogP contribution in [0.2, 0.25) is 0 Å². The van der Waals surface area contributed by atoms with Crippen molar-refractivity contribution >= 4 is 11.6 Å². The highest BCUT2D eigenvalue weighted by molar-refractivity contribution is 5.91. The highest BCUT2D eigenvalue weighted by Gasteiger charge is 2.34. The van der Waals surface area contributed by atoms with E-state index in [1.807, 2.05) is 38.1 Å². The Hall–Kier alpha value is -2.14. The third-order valence-corrected chi connectivity index (χ3v) is 5.47. The molecule has 0 spiro atoms. The zero-order valence-corrected chi connectivity index (χ0v) is 14.8. The molecule has 5 heteroatoms. The summed E-state index contributed by atoms with van der Waals surface area (Å²) in [5.74, 6) is 2.02. The average Bonchev–Trinajstić information content (AvgIpc) is 3.09. The molecule has 2 fully saturated rings. The maximum atomic E-state index is 12.4. The number of fused-ring (bicyclic) bond motifs is 2. The van der Waals surface area contributed by atoms with E-state index in [1.54, 1.807) is 0 Å². The molecule has 132 valence electrons. The van der Waals surface area contributed by atoms with Gasteiger partial charge in [-0.05, 0) is 63.6 Å². The molecule has 3 heterocycles. The van der Waals surface area contributed by atoms with Crippen molar-refractivity contribution in [2.45, 2.75) is 58.0 Å². The Morgan fingerprint density at radius 2 is 2.04 bits per heavy atom. The number of hydrogen-bond donors (Lipinski definition) is 2. The highest BCUT2D eigenvalue weighted by atomic mass is 16.4. The lowest BCUT2D eigenvalue weighted by Crippen LogP contribution is -2.39. The molecule has 2 unspecified atom stereocenters. The first-order valence-corrected chi connectivity index (χ1v) is 9.17. The second-order valence-corrected chi connectivity index (χ2v) is 7.47. The summed E-state index contributed by atoms with van der Waals surface area (Å²) >= 11 is 0. The lowest BCUT2D eigenvalue weighted by atomic mass is 9.89. The number of hydrogen-bond acceptors (Lipinski definition) is 4. The van der Waals surface area contributed by atoms with E-state index in [0.29, 0.717) is 30.3 Å². The van der Waals surface area contributed by atoms with E-state index in [-0.39, 0.29) is 5.91 Å². The van der Waals surface area contributed by atoms with Crippen LogP contribution in [-0.4, -0.2) is 23.0 Å². The molecule has 2 N–H and O–H groups in total. The fraction of sp³-hybridized carbons (Fsp3) is 0.500. The SMILES string of the molecule is Cc1nc(-c2cccc(NC(=O)CC3CC4CCC(C3)N4)c2)oc1C. The summed E-state index contributed by atoms with van der Waals surface area (Å²) in [7, 11) is 0. The zero-order valence-electron chi connectivity index (χ0n) is 14.8. The molecule has 25 heavy (non-hydrogen) atoms. The van der Waals surface area contributed by atoms with Crippen LogP contribution in [0.15, 0.2) is 28.7 Å². The molecule has 1 aromatic heterocycles. The van der Waals surface area contributed by atoms with Crippen molar-refractivity contribution in [3.05, 3.63) is 35.7 Å². The minimum atomic E-state index is 0.100. The fourth-order valence-corrected chi connectivity index (χ4v) is 4.14. The zero-order chi connectivity index (χ0) is 17.4. The number of piperidine rings is 1. The van der Waals surface area contributed by atoms with E-state index >= 15 is 0 Å². The molecule has 2 saturated heterocycles. The van der Waals surface area contributed by atoms with Gasteiger partial charge in [-0.3, -0.25) is 4.79 Å². The Morgan fingerprint density at radius 1 is 1.28 bits per heavy atom. The number of oxazole rings is 1. The van der Waals surface area contributed by atoms with Gasteiger partial charge in [0.25, 0.3) is 0 Å². The molecule has 4 rings (SSSR count). The molecule has 0 aliphatic carbocycles. The first-order valence-electron chi connectivity index (χ1n) is 9.17. The average molecular weight is 339 g/mol. The molecule has 1 aromatic carbocycles. The van der Waals surface area contributed by atoms with Crippen molar-refractivity contribution in [1.29, 1.82) is 0 Å². The van der Waals surface area contributed by atoms with E-state index in [2.05, 4.69) is 15.6 Å². The quantitative estimate of drug-likeness (QED) is 0.889. The van der Waals surface area contributed by atoms with Crippen LogP contribution in [-0.2, 0) is 4.79 Å². The number of aryl methyl sites for hydroxylation is 2. The highest BCUT2D eigenvalue weighted by Crippen LogP contribution is 2.33. The number of nitrogens with zero attached hydrogens (tertiary/aromatic N) is 1. The van der Waals surface area contributed by atoms with Crippen LogP contribution in [0.3, 0.4) is 0 Å². The van der Waals surface area contributed by atoms with Crippen molar-refractivity contribution in [3.8, 4) is 11.5 Å². The topological polar surface area (TPSA) is 67.2 Å². The maximum absolute atomic E-state index is 12.4. The van der Waals surface area contributed by atoms with Gasteiger partial charge in [0.2, 0.25) is 11.8 Å². The first-order chi connectivity index (χ1) is 12.1. The van der Waals surface area contributed by atoms with Gasteiger partial charge in [0.1, 0.15) is 5.76 Å². The summed E-state index contributed by atoms with van der Waals surface area (Å²) in [5.41, 5.74) is 2.58. The summed E-state index contributed by atoms with van der Waals surface area (Å²) in [6, 6.07) is 8.95. The minimum Gasteiger partial charge on any atom is -0.441 e. The molecule has 0 saturated carbocycles. The first kappa shape index (κ1) is 16.3. The number of aromatic nitrogens is 1. The van der Waals surface area contributed by atoms with Crippen LogP contribution in [0, 0.1) is 19.8 Å². The molecule has 2 atom stereocenters. The number of benzene rings is 1. The van der Waals surface area contributed by atoms with Gasteiger partial charge in [-0.15, -0.1) is 0 Å². The molecule has 2 bridgehead atoms. The van der Waals surface area contributed by atoms with E-state index in [1.165, 1.54) is 12.8 Å². The second-order valence-electron chi connectivity index (χ2n) is 7.47. The molecule has 0 radical (unpaired) electrons. The van der Waals surface area contributed by atoms with Crippen molar-refractivity contribution < 1.29 is 9.21 Å². The Kier molecular flexibility index (Phi) is 4.34. The molecule has 2 aliphatic heterocycles. The van der Waals surface area contributed by atoms with Gasteiger partial charge < -0.3 is 15.1 Å². The lowest BCUT2D eigenvalue weighted by Gasteiger charge is -2.28. The summed E-state index contributed by atoms with van der Waals surface area (Å²) in [6.07, 6.45) is 5.38. The Labute approximate surface area is 148 Å². The van der Waals surface area contributed by atoms with Gasteiger partial charge in [0.15, 0.2) is 0 Å². The molecule has 5 nitrogen and oxygen atoms in total. The van der Waals surface area contributed by atoms with Crippen LogP contribution >= 0.6 is 0 Å². The second kappa shape index (κ2) is 6.64. The van der Waals surface area contributed by atoms with Crippen LogP contribution < -0.4 is 10.6 Å². The normalized spacial score (nSPS) is 25.1. The predicted molar refractivity (Wildman–Crippen MR) is 97.3 cm³/mol. The number of nitrogens with one attached hydrogen (secondary N) is 2. The van der Waals surface area contributed by atoms with Crippen LogP contribution in [0.4, 0.5) is 5.69 Å². The van der Waals surface area contributed by atoms with Gasteiger partial charge in [-0.1, -0.05) is 6.07 Å². The monoisotopic (exact) mass is 339 g/mol. The third kappa shape index (κ3) is 3.61. The summed E-state index contributed by atoms with van der Waals surface area (Å²) in [5, 5.41) is 6.67. The summed E-state index contributed by atoms with van der Waals surface area (Å²) in [4.78, 5) is 16.9. The molecule has 2 aliphatic rings. The van der Waals surface area contributed by atoms with Gasteiger partial charge in [0.05, 0.1) is 5.69 Å². The Morgan fingerprint density at radius 3 is 2.72 bits per heavy atom. The van der Waals surface area contributed by atoms with Crippen molar-refractivity contribution in [2.75, 3.05) is 5.32 Å². The maximum Gasteiger partial charge on any atom is 0.226 e. The van der Waals surface area contributed by atoms with Crippen LogP contribution in [0.5, 0.6) is 0 Å². The molecular weight excluding hydrogens is 314 g/mol. The van der Waals surface area contributed by atoms with Gasteiger partial charge in [0, 0.05) is 29.8 Å². The van der Waals surface area contributed by atoms with Gasteiger partial charge in [-0.2, -0.15) is 0 Å². The van der Waals surface area contributed by atoms with Crippen LogP contribution in [0.25, 0.3) is 11.5 Å². The number of carbonyl (C=O) groups excluding carboxylic acids is 1. The Bertz CT molecular complexity index is 751. The standard InChI is InChI=1S/C20H25N3O2/c1-12-13(2)25-20(21-12)15-4-3-5-16(11-15)23-19(24)10-14-8-17-6-7-18(9-14)22-17/h3-5,11,14,17-18,22H,6-10H2,1-2H3,(H,23,24). The predicted octanol–water partition coefficient (Wildman–Crippen LogP) is 3.82. The number of carbonyl (C=O) groups is 1. The largest absolute Gasteiger partial charge is 0.441 e. The van der Waals surface area contributed by atoms with E-state index in [9.17, 15) is 4.79 Å². The summed E-state index contributed by atoms with van der Waals surface area (Å²) < 4.78 is 5.68. The number of anilines is 1. The third-order valence-electron chi connectivity index (χ3n) is 5.47. The number of rotatable bonds is 4. The molecule has 1 amide bonds. The van der Waals surface area contributed by atoms with Gasteiger partial charge in [-0.25, -0.2) is 4.98 Å². The fourth-order valence-electron chi connectivity index (χ4n) is 4.14. The van der Waals surface area contributed by atoms with E-state index < -0.39 is 0 Å². The Balaban J connectivity index is 1.40. The smallest absolute Gasteiger partial charge is 0.226 e. The van der Waals surface area contributed by atoms with E-state index in [0.717, 1.165) is 35.5 Å². The van der Waals surface area contributed by atoms with Gasteiger partial charge >= 0.3 is 0 Å². The molecular formula is C20H25N3O2. The molecule has 2 aromatic rings. The van der Waals surface area contributed by atoms with E-state index in [4.69, 9.17) is 4.42 Å². The summed E-state index contributed by atoms with van der Waals surface area (Å²) in [6.45, 7) is 3.84. The van der Waals surface area contributed by atoms with Crippen molar-refractivity contribution in [2.24, 2.45) is 5.92 Å². The van der Waals surface area contributed by atoms with Crippen molar-refractivity contribution in [1.82, 2.24) is 10.3 Å². The van der Waals surface area contributed by atoms with Crippen LogP contribution in [0.1, 0.15) is 43.6 Å². The number of amides is 1. The lowest BCUT2D eigenvalue weighted by molar-refractivity contribution is -0.117. The minimum absolute atomic E-state index is 0.100.